The standard InChI is InChI=1S/C7H6N2O/c1-2-6(8-3-1)7-4-10-5-9-7/h1-5,8H. The molecule has 0 amide bonds. The quantitative estimate of drug-likeness (QED) is 0.644. The van der Waals surface area contributed by atoms with E-state index in [4.69, 9.17) is 4.42 Å². The van der Waals surface area contributed by atoms with Gasteiger partial charge in [0.25, 0.3) is 0 Å². The minimum Gasteiger partial charge on any atom is -0.451 e. The van der Waals surface area contributed by atoms with Gasteiger partial charge in [-0.2, -0.15) is 0 Å². The third-order valence-corrected chi connectivity index (χ3v) is 1.31. The van der Waals surface area contributed by atoms with Gasteiger partial charge in [-0.15, -0.1) is 0 Å². The molecule has 0 atom stereocenters. The van der Waals surface area contributed by atoms with Crippen LogP contribution in [0.15, 0.2) is 35.4 Å². The van der Waals surface area contributed by atoms with Crippen LogP contribution >= 0.6 is 0 Å². The molecule has 0 saturated carbocycles. The number of hydrogen-bond acceptors (Lipinski definition) is 2. The van der Waals surface area contributed by atoms with Crippen molar-refractivity contribution in [1.29, 1.82) is 0 Å². The first-order valence-corrected chi connectivity index (χ1v) is 2.99. The molecule has 10 heavy (non-hydrogen) atoms. The lowest BCUT2D eigenvalue weighted by atomic mass is 10.3. The maximum absolute atomic E-state index is 4.81. The van der Waals surface area contributed by atoms with Crippen molar-refractivity contribution in [1.82, 2.24) is 9.97 Å². The van der Waals surface area contributed by atoms with Gasteiger partial charge in [-0.1, -0.05) is 0 Å². The van der Waals surface area contributed by atoms with Gasteiger partial charge in [0.1, 0.15) is 12.0 Å². The number of oxazole rings is 1. The SMILES string of the molecule is c1c[nH]c(-c2cocn2)c1. The zero-order valence-electron chi connectivity index (χ0n) is 5.24. The number of aromatic amines is 1. The van der Waals surface area contributed by atoms with Gasteiger partial charge in [-0.05, 0) is 12.1 Å². The maximum atomic E-state index is 4.81. The van der Waals surface area contributed by atoms with Gasteiger partial charge in [0.05, 0.1) is 5.69 Å². The van der Waals surface area contributed by atoms with Gasteiger partial charge in [0.2, 0.25) is 0 Å². The molecular formula is C7H6N2O. The van der Waals surface area contributed by atoms with Crippen molar-refractivity contribution in [2.45, 2.75) is 0 Å². The van der Waals surface area contributed by atoms with Gasteiger partial charge in [-0.25, -0.2) is 4.98 Å². The Morgan fingerprint density at radius 3 is 3.10 bits per heavy atom. The summed E-state index contributed by atoms with van der Waals surface area (Å²) in [6.07, 6.45) is 4.87. The second kappa shape index (κ2) is 2.02. The monoisotopic (exact) mass is 134 g/mol. The summed E-state index contributed by atoms with van der Waals surface area (Å²) in [4.78, 5) is 6.98. The fourth-order valence-corrected chi connectivity index (χ4v) is 0.835. The molecular weight excluding hydrogens is 128 g/mol. The Kier molecular flexibility index (Phi) is 1.07. The first kappa shape index (κ1) is 5.29. The Labute approximate surface area is 57.7 Å². The molecule has 0 fully saturated rings. The minimum atomic E-state index is 0.838. The zero-order valence-corrected chi connectivity index (χ0v) is 5.24. The third kappa shape index (κ3) is 0.719. The highest BCUT2D eigenvalue weighted by Crippen LogP contribution is 2.12. The summed E-state index contributed by atoms with van der Waals surface area (Å²) < 4.78 is 4.81. The smallest absolute Gasteiger partial charge is 0.181 e. The van der Waals surface area contributed by atoms with Crippen molar-refractivity contribution in [3.63, 3.8) is 0 Å². The van der Waals surface area contributed by atoms with Gasteiger partial charge in [0, 0.05) is 6.20 Å². The van der Waals surface area contributed by atoms with Crippen molar-refractivity contribution in [2.75, 3.05) is 0 Å². The first-order valence-electron chi connectivity index (χ1n) is 2.99. The Balaban J connectivity index is 2.48. The average molecular weight is 134 g/mol. The van der Waals surface area contributed by atoms with Crippen LogP contribution in [0.2, 0.25) is 0 Å². The molecule has 1 N–H and O–H groups in total. The second-order valence-corrected chi connectivity index (χ2v) is 1.96. The molecule has 0 unspecified atom stereocenters. The number of nitrogens with zero attached hydrogens (tertiary/aromatic N) is 1. The van der Waals surface area contributed by atoms with Crippen molar-refractivity contribution < 1.29 is 4.42 Å². The van der Waals surface area contributed by atoms with E-state index in [1.165, 1.54) is 6.39 Å². The molecule has 0 spiro atoms. The van der Waals surface area contributed by atoms with Crippen molar-refractivity contribution in [3.8, 4) is 11.4 Å². The van der Waals surface area contributed by atoms with Crippen LogP contribution in [0.25, 0.3) is 11.4 Å². The van der Waals surface area contributed by atoms with E-state index in [9.17, 15) is 0 Å². The van der Waals surface area contributed by atoms with Crippen LogP contribution in [0.3, 0.4) is 0 Å². The molecule has 3 nitrogen and oxygen atoms in total. The molecule has 2 aromatic heterocycles. The Morgan fingerprint density at radius 1 is 1.50 bits per heavy atom. The van der Waals surface area contributed by atoms with E-state index in [0.717, 1.165) is 11.4 Å². The third-order valence-electron chi connectivity index (χ3n) is 1.31. The van der Waals surface area contributed by atoms with E-state index in [-0.39, 0.29) is 0 Å². The average Bonchev–Trinajstić information content (AvgIpc) is 2.59. The minimum absolute atomic E-state index is 0.838. The molecule has 0 aliphatic rings. The summed E-state index contributed by atoms with van der Waals surface area (Å²) in [6, 6.07) is 3.86. The summed E-state index contributed by atoms with van der Waals surface area (Å²) in [5.74, 6) is 0. The van der Waals surface area contributed by atoms with Crippen molar-refractivity contribution >= 4 is 0 Å². The fraction of sp³-hybridized carbons (Fsp3) is 0. The van der Waals surface area contributed by atoms with E-state index in [1.54, 1.807) is 6.26 Å². The molecule has 2 rings (SSSR count). The van der Waals surface area contributed by atoms with Gasteiger partial charge >= 0.3 is 0 Å². The molecule has 0 aromatic carbocycles. The summed E-state index contributed by atoms with van der Waals surface area (Å²) in [6.45, 7) is 0. The number of rotatable bonds is 1. The molecule has 0 radical (unpaired) electrons. The molecule has 0 bridgehead atoms. The number of hydrogen-bond donors (Lipinski definition) is 1. The Morgan fingerprint density at radius 2 is 2.50 bits per heavy atom. The van der Waals surface area contributed by atoms with Gasteiger partial charge in [-0.3, -0.25) is 0 Å². The van der Waals surface area contributed by atoms with Crippen LogP contribution in [0.1, 0.15) is 0 Å². The molecule has 2 aromatic rings. The van der Waals surface area contributed by atoms with Crippen LogP contribution in [-0.2, 0) is 0 Å². The van der Waals surface area contributed by atoms with Crippen LogP contribution in [-0.4, -0.2) is 9.97 Å². The predicted molar refractivity (Wildman–Crippen MR) is 36.3 cm³/mol. The van der Waals surface area contributed by atoms with E-state index < -0.39 is 0 Å². The highest BCUT2D eigenvalue weighted by molar-refractivity contribution is 5.51. The Bertz CT molecular complexity index is 251. The summed E-state index contributed by atoms with van der Waals surface area (Å²) in [5, 5.41) is 0. The molecule has 0 aliphatic carbocycles. The molecule has 50 valence electrons. The lowest BCUT2D eigenvalue weighted by Crippen LogP contribution is -1.72. The lowest BCUT2D eigenvalue weighted by Gasteiger charge is -1.84. The molecule has 0 aliphatic heterocycles. The Hall–Kier alpha value is -1.51. The highest BCUT2D eigenvalue weighted by Gasteiger charge is 1.97. The molecule has 2 heterocycles. The zero-order chi connectivity index (χ0) is 6.81. The largest absolute Gasteiger partial charge is 0.451 e. The highest BCUT2D eigenvalue weighted by atomic mass is 16.3. The van der Waals surface area contributed by atoms with Crippen molar-refractivity contribution in [2.24, 2.45) is 0 Å². The van der Waals surface area contributed by atoms with Crippen LogP contribution in [0, 0.1) is 0 Å². The van der Waals surface area contributed by atoms with E-state index in [1.807, 2.05) is 18.3 Å². The number of H-pyrrole nitrogens is 1. The normalized spacial score (nSPS) is 10.0. The summed E-state index contributed by atoms with van der Waals surface area (Å²) in [5.41, 5.74) is 1.82. The topological polar surface area (TPSA) is 41.8 Å². The lowest BCUT2D eigenvalue weighted by molar-refractivity contribution is 0.558. The van der Waals surface area contributed by atoms with E-state index in [0.29, 0.717) is 0 Å². The number of aromatic nitrogens is 2. The van der Waals surface area contributed by atoms with Crippen molar-refractivity contribution in [3.05, 3.63) is 31.0 Å². The van der Waals surface area contributed by atoms with Gasteiger partial charge < -0.3 is 9.40 Å². The molecule has 0 saturated heterocycles. The molecule has 3 heteroatoms. The van der Waals surface area contributed by atoms with Crippen LogP contribution in [0.4, 0.5) is 0 Å². The summed E-state index contributed by atoms with van der Waals surface area (Å²) in [7, 11) is 0. The van der Waals surface area contributed by atoms with E-state index in [2.05, 4.69) is 9.97 Å². The van der Waals surface area contributed by atoms with Gasteiger partial charge in [0.15, 0.2) is 6.39 Å². The maximum Gasteiger partial charge on any atom is 0.181 e. The number of nitrogens with one attached hydrogen (secondary N) is 1. The van der Waals surface area contributed by atoms with E-state index >= 15 is 0 Å². The van der Waals surface area contributed by atoms with Crippen LogP contribution in [0.5, 0.6) is 0 Å². The first-order chi connectivity index (χ1) is 4.97. The summed E-state index contributed by atoms with van der Waals surface area (Å²) >= 11 is 0. The predicted octanol–water partition coefficient (Wildman–Crippen LogP) is 1.67. The fourth-order valence-electron chi connectivity index (χ4n) is 0.835. The van der Waals surface area contributed by atoms with Crippen LogP contribution < -0.4 is 0 Å². The second-order valence-electron chi connectivity index (χ2n) is 1.96.